The van der Waals surface area contributed by atoms with Crippen LogP contribution in [0.3, 0.4) is 0 Å². The van der Waals surface area contributed by atoms with Crippen LogP contribution in [0.5, 0.6) is 0 Å². The fraction of sp³-hybridized carbons (Fsp3) is 0.846. The number of aliphatic hydroxyl groups excluding tert-OH is 1. The predicted octanol–water partition coefficient (Wildman–Crippen LogP) is 1.61. The lowest BCUT2D eigenvalue weighted by Crippen LogP contribution is -2.46. The summed E-state index contributed by atoms with van der Waals surface area (Å²) in [6.45, 7) is 7.36. The molecule has 116 valence electrons. The van der Waals surface area contributed by atoms with E-state index in [1.54, 1.807) is 27.7 Å². The standard InChI is InChI=1S/C13H23NO5S/c1-5-18-11(16)6-10(15)9-7-20-8-14(9)12(17)19-13(2,3)4/h9-10,15H,5-8H2,1-4H3/t9?,10-/m1/s1. The van der Waals surface area contributed by atoms with E-state index in [-0.39, 0.29) is 13.0 Å². The molecular weight excluding hydrogens is 282 g/mol. The number of aliphatic hydroxyl groups is 1. The molecule has 1 aliphatic rings. The molecule has 0 aliphatic carbocycles. The van der Waals surface area contributed by atoms with Crippen molar-refractivity contribution in [1.82, 2.24) is 4.90 Å². The van der Waals surface area contributed by atoms with Crippen LogP contribution in [0.15, 0.2) is 0 Å². The highest BCUT2D eigenvalue weighted by Crippen LogP contribution is 2.26. The summed E-state index contributed by atoms with van der Waals surface area (Å²) in [6.07, 6.45) is -1.51. The molecule has 0 aromatic heterocycles. The van der Waals surface area contributed by atoms with Gasteiger partial charge in [0.25, 0.3) is 0 Å². The van der Waals surface area contributed by atoms with Crippen LogP contribution in [0.4, 0.5) is 4.79 Å². The van der Waals surface area contributed by atoms with Crippen molar-refractivity contribution >= 4 is 23.8 Å². The minimum atomic E-state index is -0.934. The average Bonchev–Trinajstić information content (AvgIpc) is 2.75. The average molecular weight is 305 g/mol. The number of rotatable bonds is 4. The molecule has 0 aromatic rings. The maximum Gasteiger partial charge on any atom is 0.411 e. The molecule has 1 aliphatic heterocycles. The molecule has 0 spiro atoms. The molecule has 1 heterocycles. The third-order valence-corrected chi connectivity index (χ3v) is 3.71. The largest absolute Gasteiger partial charge is 0.466 e. The van der Waals surface area contributed by atoms with Gasteiger partial charge in [-0.25, -0.2) is 4.79 Å². The smallest absolute Gasteiger partial charge is 0.411 e. The van der Waals surface area contributed by atoms with E-state index in [9.17, 15) is 14.7 Å². The molecule has 20 heavy (non-hydrogen) atoms. The van der Waals surface area contributed by atoms with Crippen LogP contribution < -0.4 is 0 Å². The molecular formula is C13H23NO5S. The van der Waals surface area contributed by atoms with Crippen LogP contribution in [0.2, 0.25) is 0 Å². The second-order valence-corrected chi connectivity index (χ2v) is 6.59. The van der Waals surface area contributed by atoms with E-state index in [1.165, 1.54) is 16.7 Å². The van der Waals surface area contributed by atoms with Gasteiger partial charge in [-0.3, -0.25) is 9.69 Å². The minimum absolute atomic E-state index is 0.113. The molecule has 0 bridgehead atoms. The quantitative estimate of drug-likeness (QED) is 0.795. The lowest BCUT2D eigenvalue weighted by atomic mass is 10.1. The van der Waals surface area contributed by atoms with Gasteiger partial charge < -0.3 is 14.6 Å². The molecule has 0 radical (unpaired) electrons. The van der Waals surface area contributed by atoms with Crippen molar-refractivity contribution in [3.8, 4) is 0 Å². The highest BCUT2D eigenvalue weighted by molar-refractivity contribution is 7.99. The van der Waals surface area contributed by atoms with Crippen LogP contribution in [0.25, 0.3) is 0 Å². The van der Waals surface area contributed by atoms with Gasteiger partial charge in [0.1, 0.15) is 5.60 Å². The van der Waals surface area contributed by atoms with Crippen molar-refractivity contribution in [1.29, 1.82) is 0 Å². The third kappa shape index (κ3) is 5.20. The van der Waals surface area contributed by atoms with Gasteiger partial charge in [0.15, 0.2) is 0 Å². The normalized spacial score (nSPS) is 20.6. The third-order valence-electron chi connectivity index (χ3n) is 2.67. The first-order valence-electron chi connectivity index (χ1n) is 6.65. The maximum atomic E-state index is 12.1. The van der Waals surface area contributed by atoms with Gasteiger partial charge in [-0.2, -0.15) is 0 Å². The zero-order valence-electron chi connectivity index (χ0n) is 12.4. The zero-order chi connectivity index (χ0) is 15.3. The Balaban J connectivity index is 2.60. The number of esters is 1. The number of amides is 1. The number of hydrogen-bond acceptors (Lipinski definition) is 6. The molecule has 7 heteroatoms. The van der Waals surface area contributed by atoms with E-state index in [4.69, 9.17) is 9.47 Å². The molecule has 2 atom stereocenters. The molecule has 1 saturated heterocycles. The number of hydrogen-bond donors (Lipinski definition) is 1. The van der Waals surface area contributed by atoms with Crippen LogP contribution >= 0.6 is 11.8 Å². The van der Waals surface area contributed by atoms with Gasteiger partial charge in [0.05, 0.1) is 31.1 Å². The first kappa shape index (κ1) is 17.1. The van der Waals surface area contributed by atoms with Crippen molar-refractivity contribution in [3.05, 3.63) is 0 Å². The predicted molar refractivity (Wildman–Crippen MR) is 76.4 cm³/mol. The van der Waals surface area contributed by atoms with Crippen molar-refractivity contribution in [2.24, 2.45) is 0 Å². The lowest BCUT2D eigenvalue weighted by molar-refractivity contribution is -0.146. The lowest BCUT2D eigenvalue weighted by Gasteiger charge is -2.30. The number of carbonyl (C=O) groups is 2. The molecule has 1 unspecified atom stereocenters. The second-order valence-electron chi connectivity index (χ2n) is 5.59. The first-order valence-corrected chi connectivity index (χ1v) is 7.81. The summed E-state index contributed by atoms with van der Waals surface area (Å²) >= 11 is 1.53. The monoisotopic (exact) mass is 305 g/mol. The summed E-state index contributed by atoms with van der Waals surface area (Å²) in [5.41, 5.74) is -0.582. The summed E-state index contributed by atoms with van der Waals surface area (Å²) in [6, 6.07) is -0.417. The Morgan fingerprint density at radius 1 is 1.45 bits per heavy atom. The molecule has 1 amide bonds. The van der Waals surface area contributed by atoms with E-state index in [1.807, 2.05) is 0 Å². The summed E-state index contributed by atoms with van der Waals surface area (Å²) in [4.78, 5) is 24.9. The summed E-state index contributed by atoms with van der Waals surface area (Å²) in [5, 5.41) is 10.1. The number of carbonyl (C=O) groups excluding carboxylic acids is 2. The molecule has 0 saturated carbocycles. The summed E-state index contributed by atoms with van der Waals surface area (Å²) < 4.78 is 10.1. The Hall–Kier alpha value is -0.950. The van der Waals surface area contributed by atoms with Crippen LogP contribution in [0, 0.1) is 0 Å². The summed E-state index contributed by atoms with van der Waals surface area (Å²) in [7, 11) is 0. The van der Waals surface area contributed by atoms with Gasteiger partial charge in [0.2, 0.25) is 0 Å². The number of ether oxygens (including phenoxy) is 2. The Labute approximate surface area is 123 Å². The molecule has 1 rings (SSSR count). The van der Waals surface area contributed by atoms with Crippen molar-refractivity contribution in [2.75, 3.05) is 18.2 Å². The maximum absolute atomic E-state index is 12.1. The van der Waals surface area contributed by atoms with E-state index in [0.717, 1.165) is 0 Å². The van der Waals surface area contributed by atoms with E-state index in [2.05, 4.69) is 0 Å². The highest BCUT2D eigenvalue weighted by Gasteiger charge is 2.37. The second kappa shape index (κ2) is 7.17. The molecule has 0 aromatic carbocycles. The first-order chi connectivity index (χ1) is 9.24. The summed E-state index contributed by atoms with van der Waals surface area (Å²) in [5.74, 6) is 0.584. The Morgan fingerprint density at radius 2 is 2.10 bits per heavy atom. The Kier molecular flexibility index (Phi) is 6.13. The fourth-order valence-electron chi connectivity index (χ4n) is 1.81. The Morgan fingerprint density at radius 3 is 2.65 bits per heavy atom. The van der Waals surface area contributed by atoms with E-state index in [0.29, 0.717) is 11.6 Å². The van der Waals surface area contributed by atoms with Crippen LogP contribution in [0.1, 0.15) is 34.1 Å². The van der Waals surface area contributed by atoms with Gasteiger partial charge in [0, 0.05) is 5.75 Å². The van der Waals surface area contributed by atoms with Gasteiger partial charge in [-0.1, -0.05) is 0 Å². The van der Waals surface area contributed by atoms with Crippen molar-refractivity contribution in [3.63, 3.8) is 0 Å². The molecule has 1 N–H and O–H groups in total. The number of nitrogens with zero attached hydrogens (tertiary/aromatic N) is 1. The van der Waals surface area contributed by atoms with Gasteiger partial charge in [-0.05, 0) is 27.7 Å². The fourth-order valence-corrected chi connectivity index (χ4v) is 3.05. The molecule has 1 fully saturated rings. The van der Waals surface area contributed by atoms with Crippen molar-refractivity contribution in [2.45, 2.75) is 51.9 Å². The molecule has 6 nitrogen and oxygen atoms in total. The zero-order valence-corrected chi connectivity index (χ0v) is 13.2. The van der Waals surface area contributed by atoms with Crippen LogP contribution in [-0.2, 0) is 14.3 Å². The number of thioether (sulfide) groups is 1. The topological polar surface area (TPSA) is 76.1 Å². The van der Waals surface area contributed by atoms with E-state index < -0.39 is 29.8 Å². The Bertz CT molecular complexity index is 355. The SMILES string of the molecule is CCOC(=O)C[C@@H](O)C1CSCN1C(=O)OC(C)(C)C. The van der Waals surface area contributed by atoms with Crippen LogP contribution in [-0.4, -0.2) is 58.1 Å². The van der Waals surface area contributed by atoms with Gasteiger partial charge in [-0.15, -0.1) is 11.8 Å². The van der Waals surface area contributed by atoms with E-state index >= 15 is 0 Å². The minimum Gasteiger partial charge on any atom is -0.466 e. The van der Waals surface area contributed by atoms with Gasteiger partial charge >= 0.3 is 12.1 Å². The highest BCUT2D eigenvalue weighted by atomic mass is 32.2. The van der Waals surface area contributed by atoms with Crippen molar-refractivity contribution < 1.29 is 24.2 Å².